The number of carbonyl (C=O) groups is 1. The number of anilines is 1. The van der Waals surface area contributed by atoms with Crippen molar-refractivity contribution in [2.24, 2.45) is 5.92 Å². The molecule has 0 bridgehead atoms. The maximum absolute atomic E-state index is 12.1. The van der Waals surface area contributed by atoms with Crippen molar-refractivity contribution < 1.29 is 13.2 Å². The molecule has 124 valence electrons. The molecule has 0 heterocycles. The molecule has 1 amide bonds. The number of benzene rings is 1. The van der Waals surface area contributed by atoms with Gasteiger partial charge in [-0.15, -0.1) is 0 Å². The Labute approximate surface area is 133 Å². The molecule has 0 aromatic heterocycles. The van der Waals surface area contributed by atoms with Gasteiger partial charge in [-0.1, -0.05) is 38.8 Å². The highest BCUT2D eigenvalue weighted by molar-refractivity contribution is 7.92. The Morgan fingerprint density at radius 3 is 2.55 bits per heavy atom. The van der Waals surface area contributed by atoms with Gasteiger partial charge in [0.05, 0.1) is 12.3 Å². The molecule has 2 N–H and O–H groups in total. The lowest BCUT2D eigenvalue weighted by molar-refractivity contribution is -0.125. The van der Waals surface area contributed by atoms with Crippen LogP contribution in [0.3, 0.4) is 0 Å². The lowest BCUT2D eigenvalue weighted by atomic mass is 10.0. The summed E-state index contributed by atoms with van der Waals surface area (Å²) in [5.74, 6) is 0.0159. The molecule has 0 aliphatic carbocycles. The van der Waals surface area contributed by atoms with Gasteiger partial charge in [-0.05, 0) is 31.0 Å². The third-order valence-corrected chi connectivity index (χ3v) is 4.09. The molecule has 0 aliphatic rings. The molecule has 1 rings (SSSR count). The Kier molecular flexibility index (Phi) is 6.87. The predicted molar refractivity (Wildman–Crippen MR) is 90.2 cm³/mol. The van der Waals surface area contributed by atoms with Crippen molar-refractivity contribution >= 4 is 21.6 Å². The molecule has 6 heteroatoms. The molecule has 0 saturated carbocycles. The van der Waals surface area contributed by atoms with Gasteiger partial charge < -0.3 is 5.32 Å². The van der Waals surface area contributed by atoms with Gasteiger partial charge in [0.15, 0.2) is 0 Å². The normalized spacial score (nSPS) is 14.2. The van der Waals surface area contributed by atoms with E-state index in [9.17, 15) is 13.2 Å². The molecule has 22 heavy (non-hydrogen) atoms. The number of rotatable bonds is 8. The molecule has 0 saturated heterocycles. The molecule has 0 spiro atoms. The summed E-state index contributed by atoms with van der Waals surface area (Å²) in [6.07, 6.45) is 4.11. The minimum atomic E-state index is -3.30. The highest BCUT2D eigenvalue weighted by Gasteiger charge is 2.16. The molecule has 0 unspecified atom stereocenters. The fraction of sp³-hybridized carbons (Fsp3) is 0.562. The van der Waals surface area contributed by atoms with Gasteiger partial charge in [-0.2, -0.15) is 0 Å². The van der Waals surface area contributed by atoms with Crippen molar-refractivity contribution in [1.29, 1.82) is 0 Å². The molecular formula is C16H26N2O3S. The molecule has 5 nitrogen and oxygen atoms in total. The third kappa shape index (κ3) is 6.47. The number of amides is 1. The second-order valence-electron chi connectivity index (χ2n) is 5.77. The van der Waals surface area contributed by atoms with Crippen LogP contribution >= 0.6 is 0 Å². The fourth-order valence-corrected chi connectivity index (χ4v) is 2.72. The van der Waals surface area contributed by atoms with Crippen molar-refractivity contribution in [2.75, 3.05) is 11.0 Å². The van der Waals surface area contributed by atoms with E-state index < -0.39 is 10.0 Å². The first kappa shape index (κ1) is 18.5. The first-order valence-corrected chi connectivity index (χ1v) is 9.50. The molecule has 0 aliphatic heterocycles. The summed E-state index contributed by atoms with van der Waals surface area (Å²) in [5, 5.41) is 2.98. The van der Waals surface area contributed by atoms with Crippen LogP contribution in [0, 0.1) is 5.92 Å². The van der Waals surface area contributed by atoms with Gasteiger partial charge in [0.2, 0.25) is 15.9 Å². The maximum atomic E-state index is 12.1. The minimum absolute atomic E-state index is 0.0141. The maximum Gasteiger partial charge on any atom is 0.229 e. The average Bonchev–Trinajstić information content (AvgIpc) is 2.43. The first-order chi connectivity index (χ1) is 10.2. The summed E-state index contributed by atoms with van der Waals surface area (Å²) in [4.78, 5) is 12.1. The SMILES string of the molecule is CCCC[C@H](C)C(=O)N[C@H](C)c1cccc(NS(C)(=O)=O)c1. The quantitative estimate of drug-likeness (QED) is 0.771. The predicted octanol–water partition coefficient (Wildman–Crippen LogP) is 3.06. The van der Waals surface area contributed by atoms with Gasteiger partial charge in [-0.25, -0.2) is 8.42 Å². The van der Waals surface area contributed by atoms with Crippen LogP contribution in [0.4, 0.5) is 5.69 Å². The van der Waals surface area contributed by atoms with Crippen molar-refractivity contribution in [3.05, 3.63) is 29.8 Å². The standard InChI is InChI=1S/C16H26N2O3S/c1-5-6-8-12(2)16(19)17-13(3)14-9-7-10-15(11-14)18-22(4,20)21/h7,9-13,18H,5-6,8H2,1-4H3,(H,17,19)/t12-,13+/m0/s1. The van der Waals surface area contributed by atoms with Crippen LogP contribution in [0.2, 0.25) is 0 Å². The van der Waals surface area contributed by atoms with E-state index in [0.717, 1.165) is 31.1 Å². The number of unbranched alkanes of at least 4 members (excludes halogenated alkanes) is 1. The average molecular weight is 326 g/mol. The smallest absolute Gasteiger partial charge is 0.229 e. The molecule has 1 aromatic carbocycles. The third-order valence-electron chi connectivity index (χ3n) is 3.49. The van der Waals surface area contributed by atoms with Gasteiger partial charge in [0.1, 0.15) is 0 Å². The largest absolute Gasteiger partial charge is 0.349 e. The van der Waals surface area contributed by atoms with Gasteiger partial charge >= 0.3 is 0 Å². The van der Waals surface area contributed by atoms with Crippen molar-refractivity contribution in [1.82, 2.24) is 5.32 Å². The highest BCUT2D eigenvalue weighted by atomic mass is 32.2. The van der Waals surface area contributed by atoms with Gasteiger partial charge in [0, 0.05) is 11.6 Å². The van der Waals surface area contributed by atoms with E-state index in [2.05, 4.69) is 17.0 Å². The summed E-state index contributed by atoms with van der Waals surface area (Å²) in [6.45, 7) is 5.93. The Bertz CT molecular complexity index is 599. The topological polar surface area (TPSA) is 75.3 Å². The van der Waals surface area contributed by atoms with Gasteiger partial charge in [0.25, 0.3) is 0 Å². The summed E-state index contributed by atoms with van der Waals surface area (Å²) in [7, 11) is -3.30. The van der Waals surface area contributed by atoms with Crippen LogP contribution in [-0.4, -0.2) is 20.6 Å². The number of nitrogens with one attached hydrogen (secondary N) is 2. The second kappa shape index (κ2) is 8.17. The molecular weight excluding hydrogens is 300 g/mol. The van der Waals surface area contributed by atoms with Crippen LogP contribution in [0.25, 0.3) is 0 Å². The lowest BCUT2D eigenvalue weighted by Crippen LogP contribution is -2.31. The molecule has 2 atom stereocenters. The van der Waals surface area contributed by atoms with Crippen LogP contribution in [0.1, 0.15) is 51.6 Å². The van der Waals surface area contributed by atoms with E-state index in [4.69, 9.17) is 0 Å². The minimum Gasteiger partial charge on any atom is -0.349 e. The Balaban J connectivity index is 2.71. The van der Waals surface area contributed by atoms with E-state index in [-0.39, 0.29) is 17.9 Å². The molecule has 1 aromatic rings. The number of carbonyl (C=O) groups excluding carboxylic acids is 1. The van der Waals surface area contributed by atoms with Crippen LogP contribution in [0.5, 0.6) is 0 Å². The number of hydrogen-bond acceptors (Lipinski definition) is 3. The van der Waals surface area contributed by atoms with E-state index in [1.54, 1.807) is 18.2 Å². The van der Waals surface area contributed by atoms with Crippen LogP contribution in [-0.2, 0) is 14.8 Å². The summed E-state index contributed by atoms with van der Waals surface area (Å²) < 4.78 is 25.0. The first-order valence-electron chi connectivity index (χ1n) is 7.61. The van der Waals surface area contributed by atoms with Gasteiger partial charge in [-0.3, -0.25) is 9.52 Å². The zero-order valence-corrected chi connectivity index (χ0v) is 14.5. The van der Waals surface area contributed by atoms with Crippen molar-refractivity contribution in [3.63, 3.8) is 0 Å². The fourth-order valence-electron chi connectivity index (χ4n) is 2.17. The van der Waals surface area contributed by atoms with E-state index in [1.807, 2.05) is 19.9 Å². The zero-order chi connectivity index (χ0) is 16.8. The Morgan fingerprint density at radius 1 is 1.27 bits per heavy atom. The summed E-state index contributed by atoms with van der Waals surface area (Å²) in [6, 6.07) is 6.89. The zero-order valence-electron chi connectivity index (χ0n) is 13.7. The van der Waals surface area contributed by atoms with Crippen LogP contribution in [0.15, 0.2) is 24.3 Å². The molecule has 0 radical (unpaired) electrons. The Morgan fingerprint density at radius 2 is 1.95 bits per heavy atom. The highest BCUT2D eigenvalue weighted by Crippen LogP contribution is 2.19. The van der Waals surface area contributed by atoms with Crippen molar-refractivity contribution in [3.8, 4) is 0 Å². The second-order valence-corrected chi connectivity index (χ2v) is 7.52. The number of sulfonamides is 1. The van der Waals surface area contributed by atoms with E-state index in [0.29, 0.717) is 5.69 Å². The monoisotopic (exact) mass is 326 g/mol. The summed E-state index contributed by atoms with van der Waals surface area (Å²) >= 11 is 0. The van der Waals surface area contributed by atoms with Crippen molar-refractivity contribution in [2.45, 2.75) is 46.1 Å². The molecule has 0 fully saturated rings. The van der Waals surface area contributed by atoms with E-state index >= 15 is 0 Å². The van der Waals surface area contributed by atoms with E-state index in [1.165, 1.54) is 0 Å². The lowest BCUT2D eigenvalue weighted by Gasteiger charge is -2.18. The Hall–Kier alpha value is -1.56. The summed E-state index contributed by atoms with van der Waals surface area (Å²) in [5.41, 5.74) is 1.37. The van der Waals surface area contributed by atoms with Crippen LogP contribution < -0.4 is 10.0 Å². The number of hydrogen-bond donors (Lipinski definition) is 2.